The van der Waals surface area contributed by atoms with Gasteiger partial charge >= 0.3 is 5.97 Å². The molecular formula is C20H11F4N3O2. The zero-order valence-electron chi connectivity index (χ0n) is 14.5. The summed E-state index contributed by atoms with van der Waals surface area (Å²) in [5.41, 5.74) is -0.165. The maximum absolute atomic E-state index is 14.5. The van der Waals surface area contributed by atoms with Crippen LogP contribution in [0.2, 0.25) is 0 Å². The highest BCUT2D eigenvalue weighted by Gasteiger charge is 2.21. The smallest absolute Gasteiger partial charge is 0.335 e. The topological polar surface area (TPSA) is 68.0 Å². The summed E-state index contributed by atoms with van der Waals surface area (Å²) in [5.74, 6) is -5.62. The number of fused-ring (bicyclic) bond motifs is 1. The molecule has 146 valence electrons. The van der Waals surface area contributed by atoms with Crippen LogP contribution in [0.1, 0.15) is 15.9 Å². The number of halogens is 4. The van der Waals surface area contributed by atoms with Crippen LogP contribution in [0, 0.1) is 23.3 Å². The number of carbonyl (C=O) groups is 1. The molecule has 0 saturated carbocycles. The first-order chi connectivity index (χ1) is 13.9. The summed E-state index contributed by atoms with van der Waals surface area (Å²) in [6.07, 6.45) is 1.44. The molecule has 2 aromatic carbocycles. The summed E-state index contributed by atoms with van der Waals surface area (Å²) >= 11 is 0. The van der Waals surface area contributed by atoms with Gasteiger partial charge in [0.25, 0.3) is 0 Å². The van der Waals surface area contributed by atoms with Crippen LogP contribution in [0.5, 0.6) is 0 Å². The molecule has 0 amide bonds. The van der Waals surface area contributed by atoms with E-state index in [4.69, 9.17) is 5.11 Å². The van der Waals surface area contributed by atoms with Crippen LogP contribution in [0.15, 0.2) is 48.7 Å². The van der Waals surface area contributed by atoms with E-state index in [0.717, 1.165) is 12.1 Å². The number of benzene rings is 2. The number of hydrogen-bond acceptors (Lipinski definition) is 3. The van der Waals surface area contributed by atoms with Crippen molar-refractivity contribution >= 4 is 17.0 Å². The van der Waals surface area contributed by atoms with Crippen LogP contribution in [0.25, 0.3) is 22.3 Å². The number of nitrogens with zero attached hydrogens (tertiary/aromatic N) is 3. The molecule has 0 fully saturated rings. The number of aromatic carboxylic acids is 1. The zero-order valence-corrected chi connectivity index (χ0v) is 14.5. The van der Waals surface area contributed by atoms with Gasteiger partial charge in [0.1, 0.15) is 22.8 Å². The third-order valence-electron chi connectivity index (χ3n) is 4.43. The minimum atomic E-state index is -1.34. The lowest BCUT2D eigenvalue weighted by atomic mass is 10.1. The normalized spacial score (nSPS) is 11.2. The van der Waals surface area contributed by atoms with Gasteiger partial charge in [0.2, 0.25) is 0 Å². The van der Waals surface area contributed by atoms with E-state index in [1.54, 1.807) is 12.1 Å². The summed E-state index contributed by atoms with van der Waals surface area (Å²) in [4.78, 5) is 15.2. The summed E-state index contributed by atoms with van der Waals surface area (Å²) in [6.45, 7) is -0.452. The van der Waals surface area contributed by atoms with E-state index in [2.05, 4.69) is 10.1 Å². The molecule has 2 aromatic heterocycles. The van der Waals surface area contributed by atoms with Crippen LogP contribution in [-0.4, -0.2) is 25.8 Å². The number of pyridine rings is 1. The van der Waals surface area contributed by atoms with Crippen molar-refractivity contribution in [1.29, 1.82) is 0 Å². The van der Waals surface area contributed by atoms with Gasteiger partial charge < -0.3 is 5.11 Å². The molecule has 0 saturated heterocycles. The molecule has 2 heterocycles. The Balaban J connectivity index is 1.88. The molecule has 0 aliphatic heterocycles. The maximum Gasteiger partial charge on any atom is 0.335 e. The lowest BCUT2D eigenvalue weighted by Gasteiger charge is -2.07. The fourth-order valence-corrected chi connectivity index (χ4v) is 3.02. The highest BCUT2D eigenvalue weighted by molar-refractivity contribution is 5.92. The third-order valence-corrected chi connectivity index (χ3v) is 4.43. The summed E-state index contributed by atoms with van der Waals surface area (Å²) in [7, 11) is 0. The zero-order chi connectivity index (χ0) is 20.7. The molecule has 0 aliphatic carbocycles. The van der Waals surface area contributed by atoms with Crippen molar-refractivity contribution in [2.45, 2.75) is 6.54 Å². The molecule has 0 aliphatic rings. The molecule has 1 N–H and O–H groups in total. The lowest BCUT2D eigenvalue weighted by molar-refractivity contribution is 0.0696. The highest BCUT2D eigenvalue weighted by Crippen LogP contribution is 2.30. The van der Waals surface area contributed by atoms with Gasteiger partial charge in [-0.25, -0.2) is 22.4 Å². The van der Waals surface area contributed by atoms with Crippen LogP contribution >= 0.6 is 0 Å². The molecule has 0 bridgehead atoms. The van der Waals surface area contributed by atoms with Crippen LogP contribution in [0.4, 0.5) is 17.6 Å². The Hall–Kier alpha value is -3.75. The fourth-order valence-electron chi connectivity index (χ4n) is 3.02. The molecule has 29 heavy (non-hydrogen) atoms. The van der Waals surface area contributed by atoms with Gasteiger partial charge in [-0.05, 0) is 42.5 Å². The first-order valence-electron chi connectivity index (χ1n) is 8.34. The molecule has 0 radical (unpaired) electrons. The van der Waals surface area contributed by atoms with Gasteiger partial charge in [-0.2, -0.15) is 5.10 Å². The second kappa shape index (κ2) is 7.01. The monoisotopic (exact) mass is 401 g/mol. The quantitative estimate of drug-likeness (QED) is 0.407. The van der Waals surface area contributed by atoms with E-state index >= 15 is 0 Å². The van der Waals surface area contributed by atoms with E-state index in [1.807, 2.05) is 0 Å². The Morgan fingerprint density at radius 1 is 1.00 bits per heavy atom. The van der Waals surface area contributed by atoms with Crippen molar-refractivity contribution in [2.75, 3.05) is 0 Å². The molecule has 0 atom stereocenters. The average Bonchev–Trinajstić information content (AvgIpc) is 3.06. The molecule has 5 nitrogen and oxygen atoms in total. The van der Waals surface area contributed by atoms with Crippen molar-refractivity contribution in [3.63, 3.8) is 0 Å². The van der Waals surface area contributed by atoms with E-state index in [9.17, 15) is 22.4 Å². The first-order valence-corrected chi connectivity index (χ1v) is 8.34. The van der Waals surface area contributed by atoms with Crippen LogP contribution in [-0.2, 0) is 6.54 Å². The number of aromatic nitrogens is 3. The SMILES string of the molecule is O=C(O)c1ccc(-c2nn(Cc3c(F)ccc(F)c3F)c3cccnc23)c(F)c1. The van der Waals surface area contributed by atoms with Gasteiger partial charge in [0.05, 0.1) is 17.6 Å². The average molecular weight is 401 g/mol. The summed E-state index contributed by atoms with van der Waals surface area (Å²) < 4.78 is 57.4. The van der Waals surface area contributed by atoms with Gasteiger partial charge in [0.15, 0.2) is 11.6 Å². The number of carboxylic acid groups (broad SMARTS) is 1. The van der Waals surface area contributed by atoms with Gasteiger partial charge in [0, 0.05) is 17.3 Å². The van der Waals surface area contributed by atoms with E-state index in [-0.39, 0.29) is 22.3 Å². The number of rotatable bonds is 4. The molecule has 0 unspecified atom stereocenters. The molecule has 4 aromatic rings. The van der Waals surface area contributed by atoms with Crippen molar-refractivity contribution < 1.29 is 27.5 Å². The predicted octanol–water partition coefficient (Wildman–Crippen LogP) is 4.40. The molecule has 4 rings (SSSR count). The standard InChI is InChI=1S/C20H11F4N3O2/c21-13-5-6-14(22)17(24)12(13)9-27-16-2-1-7-25-19(16)18(26-27)11-4-3-10(20(28)29)8-15(11)23/h1-8H,9H2,(H,28,29). The lowest BCUT2D eigenvalue weighted by Crippen LogP contribution is -2.08. The van der Waals surface area contributed by atoms with E-state index < -0.39 is 41.3 Å². The Bertz CT molecular complexity index is 1270. The molecule has 0 spiro atoms. The van der Waals surface area contributed by atoms with E-state index in [1.165, 1.54) is 23.0 Å². The minimum Gasteiger partial charge on any atom is -0.478 e. The van der Waals surface area contributed by atoms with Gasteiger partial charge in [-0.3, -0.25) is 9.67 Å². The second-order valence-corrected chi connectivity index (χ2v) is 6.20. The predicted molar refractivity (Wildman–Crippen MR) is 95.3 cm³/mol. The van der Waals surface area contributed by atoms with Crippen molar-refractivity contribution in [2.24, 2.45) is 0 Å². The highest BCUT2D eigenvalue weighted by atomic mass is 19.2. The van der Waals surface area contributed by atoms with Crippen molar-refractivity contribution in [1.82, 2.24) is 14.8 Å². The Morgan fingerprint density at radius 2 is 1.76 bits per heavy atom. The van der Waals surface area contributed by atoms with E-state index in [0.29, 0.717) is 11.6 Å². The largest absolute Gasteiger partial charge is 0.478 e. The first kappa shape index (κ1) is 18.6. The number of hydrogen-bond donors (Lipinski definition) is 1. The van der Waals surface area contributed by atoms with Crippen molar-refractivity contribution in [3.8, 4) is 11.3 Å². The molecular weight excluding hydrogens is 390 g/mol. The van der Waals surface area contributed by atoms with Gasteiger partial charge in [-0.15, -0.1) is 0 Å². The number of carboxylic acids is 1. The summed E-state index contributed by atoms with van der Waals surface area (Å²) in [5, 5.41) is 13.2. The van der Waals surface area contributed by atoms with Gasteiger partial charge in [-0.1, -0.05) is 0 Å². The second-order valence-electron chi connectivity index (χ2n) is 6.20. The third kappa shape index (κ3) is 3.20. The van der Waals surface area contributed by atoms with Crippen LogP contribution in [0.3, 0.4) is 0 Å². The Morgan fingerprint density at radius 3 is 2.48 bits per heavy atom. The minimum absolute atomic E-state index is 0.0300. The maximum atomic E-state index is 14.5. The molecule has 9 heteroatoms. The Labute approximate surface area is 160 Å². The van der Waals surface area contributed by atoms with Crippen molar-refractivity contribution in [3.05, 3.63) is 83.1 Å². The fraction of sp³-hybridized carbons (Fsp3) is 0.0500. The Kier molecular flexibility index (Phi) is 4.50. The van der Waals surface area contributed by atoms with Crippen LogP contribution < -0.4 is 0 Å². The summed E-state index contributed by atoms with van der Waals surface area (Å²) in [6, 6.07) is 7.91.